The summed E-state index contributed by atoms with van der Waals surface area (Å²) in [4.78, 5) is 22.4. The van der Waals surface area contributed by atoms with Crippen LogP contribution in [0, 0.1) is 30.3 Å². The van der Waals surface area contributed by atoms with Crippen LogP contribution in [-0.4, -0.2) is 24.9 Å². The van der Waals surface area contributed by atoms with E-state index >= 15 is 0 Å². The standard InChI is InChI=1S/C17H10N.3C15H10N.C13H8N.5Ir/c1-2-7-14-12(6-1)13-8-3-4-9-15(13)17-16(14)10-5-11-18-17;1-2-7-13(8-3-1)15-14-9-5-4-6-12(14)10-11-16-15;1-2-6-12(7-3-1)15-10-13-8-4-5-9-14(13)11-16-15;1-2-6-12(7-3-1)15-11-10-13-8-4-5-9-14(13)16-15;1-2-6-12-10(4-1)7-8-11-5-3-9-14-13(11)12;;;;;/h1-8,10-11H;1-7,9-11H;2*1-6,8-11H;1-5,7-9H;;;;;/q5*-1;;;;;. The van der Waals surface area contributed by atoms with Gasteiger partial charge < -0.3 is 19.9 Å². The summed E-state index contributed by atoms with van der Waals surface area (Å²) in [5.41, 5.74) is 9.15. The molecule has 0 saturated carbocycles. The van der Waals surface area contributed by atoms with Gasteiger partial charge in [0.2, 0.25) is 0 Å². The van der Waals surface area contributed by atoms with E-state index in [1.165, 1.54) is 59.2 Å². The third-order valence-electron chi connectivity index (χ3n) is 13.7. The fourth-order valence-corrected chi connectivity index (χ4v) is 9.79. The molecule has 0 amide bonds. The Balaban J connectivity index is 0.000000150. The normalized spacial score (nSPS) is 10.1. The summed E-state index contributed by atoms with van der Waals surface area (Å²) >= 11 is 0. The van der Waals surface area contributed by atoms with Crippen molar-refractivity contribution in [1.29, 1.82) is 0 Å². The Morgan fingerprint density at radius 3 is 1.47 bits per heavy atom. The number of pyridine rings is 5. The molecule has 0 atom stereocenters. The Labute approximate surface area is 562 Å². The van der Waals surface area contributed by atoms with Gasteiger partial charge in [0.05, 0.1) is 5.52 Å². The number of fused-ring (bicyclic) bond motifs is 12. The van der Waals surface area contributed by atoms with Crippen LogP contribution in [0.4, 0.5) is 0 Å². The van der Waals surface area contributed by atoms with Gasteiger partial charge in [-0.2, -0.15) is 0 Å². The number of benzene rings is 11. The number of rotatable bonds is 3. The fourth-order valence-electron chi connectivity index (χ4n) is 9.79. The van der Waals surface area contributed by atoms with E-state index in [2.05, 4.69) is 158 Å². The molecule has 0 aliphatic carbocycles. The molecule has 10 heteroatoms. The minimum absolute atomic E-state index is 0. The van der Waals surface area contributed by atoms with Gasteiger partial charge in [0.25, 0.3) is 0 Å². The van der Waals surface area contributed by atoms with Gasteiger partial charge in [0.15, 0.2) is 0 Å². The molecular weight excluding hydrogens is 1930 g/mol. The summed E-state index contributed by atoms with van der Waals surface area (Å²) < 4.78 is 0. The van der Waals surface area contributed by atoms with Crippen LogP contribution in [0.15, 0.2) is 292 Å². The van der Waals surface area contributed by atoms with Gasteiger partial charge in [-0.1, -0.05) is 144 Å². The fraction of sp³-hybridized carbons (Fsp3) is 0. The van der Waals surface area contributed by atoms with E-state index in [1.54, 1.807) is 0 Å². The van der Waals surface area contributed by atoms with Crippen LogP contribution < -0.4 is 0 Å². The quantitative estimate of drug-likeness (QED) is 0.130. The molecule has 0 unspecified atom stereocenters. The minimum atomic E-state index is 0. The number of para-hydroxylation sites is 1. The molecule has 423 valence electrons. The predicted molar refractivity (Wildman–Crippen MR) is 332 cm³/mol. The van der Waals surface area contributed by atoms with E-state index in [4.69, 9.17) is 0 Å². The molecule has 5 radical (unpaired) electrons. The molecule has 11 aromatic carbocycles. The van der Waals surface area contributed by atoms with Crippen molar-refractivity contribution in [2.24, 2.45) is 0 Å². The molecule has 5 aromatic heterocycles. The summed E-state index contributed by atoms with van der Waals surface area (Å²) in [6.45, 7) is 0. The van der Waals surface area contributed by atoms with Crippen LogP contribution in [-0.2, 0) is 101 Å². The molecule has 16 rings (SSSR count). The molecule has 0 spiro atoms. The van der Waals surface area contributed by atoms with Crippen molar-refractivity contribution in [3.05, 3.63) is 322 Å². The van der Waals surface area contributed by atoms with Gasteiger partial charge >= 0.3 is 0 Å². The van der Waals surface area contributed by atoms with Gasteiger partial charge in [-0.3, -0.25) is 4.98 Å². The van der Waals surface area contributed by atoms with Crippen LogP contribution in [0.3, 0.4) is 0 Å². The van der Waals surface area contributed by atoms with Crippen LogP contribution >= 0.6 is 0 Å². The Morgan fingerprint density at radius 1 is 0.259 bits per heavy atom. The van der Waals surface area contributed by atoms with Gasteiger partial charge in [0, 0.05) is 125 Å². The molecule has 5 heterocycles. The second-order valence-corrected chi connectivity index (χ2v) is 18.7. The second-order valence-electron chi connectivity index (χ2n) is 18.7. The maximum Gasteiger partial charge on any atom is 0.0595 e. The summed E-state index contributed by atoms with van der Waals surface area (Å²) in [7, 11) is 0. The largest absolute Gasteiger partial charge is 0.304 e. The van der Waals surface area contributed by atoms with E-state index in [0.29, 0.717) is 0 Å². The minimum Gasteiger partial charge on any atom is -0.304 e. The number of hydrogen-bond acceptors (Lipinski definition) is 5. The molecule has 85 heavy (non-hydrogen) atoms. The van der Waals surface area contributed by atoms with Gasteiger partial charge in [-0.15, -0.1) is 172 Å². The van der Waals surface area contributed by atoms with Crippen molar-refractivity contribution in [3.8, 4) is 33.8 Å². The SMILES string of the molecule is [Ir].[Ir].[Ir].[Ir].[Ir].[c-]1cccc2c1c1ncccc1c1ccccc21.[c-]1cccc2ccc3cccnc3c12.[c-]1ccccc1-c1cc2ccccc2cn1.[c-]1ccccc1-c1ccc2ccccc2n1.[c-]1ccccc1-c1nccc2ccccc12. The zero-order valence-corrected chi connectivity index (χ0v) is 57.1. The molecule has 0 fully saturated rings. The van der Waals surface area contributed by atoms with Crippen molar-refractivity contribution in [1.82, 2.24) is 24.9 Å². The van der Waals surface area contributed by atoms with Crippen LogP contribution in [0.25, 0.3) is 120 Å². The molecule has 0 N–H and O–H groups in total. The van der Waals surface area contributed by atoms with E-state index < -0.39 is 0 Å². The first-order valence-electron chi connectivity index (χ1n) is 26.4. The number of hydrogen-bond donors (Lipinski definition) is 0. The smallest absolute Gasteiger partial charge is 0.0595 e. The first kappa shape index (κ1) is 65.0. The third-order valence-corrected chi connectivity index (χ3v) is 13.7. The Kier molecular flexibility index (Phi) is 24.6. The zero-order chi connectivity index (χ0) is 53.7. The van der Waals surface area contributed by atoms with Crippen molar-refractivity contribution in [3.63, 3.8) is 0 Å². The first-order chi connectivity index (χ1) is 39.7. The van der Waals surface area contributed by atoms with Crippen molar-refractivity contribution >= 4 is 86.6 Å². The van der Waals surface area contributed by atoms with E-state index in [1.807, 2.05) is 189 Å². The van der Waals surface area contributed by atoms with Gasteiger partial charge in [-0.25, -0.2) is 0 Å². The molecule has 16 aromatic rings. The maximum atomic E-state index is 4.61. The number of nitrogens with zero attached hydrogens (tertiary/aromatic N) is 5. The van der Waals surface area contributed by atoms with Crippen molar-refractivity contribution in [2.45, 2.75) is 0 Å². The summed E-state index contributed by atoms with van der Waals surface area (Å²) in [6, 6.07) is 106. The Bertz CT molecular complexity index is 4340. The van der Waals surface area contributed by atoms with E-state index in [9.17, 15) is 0 Å². The molecule has 0 saturated heterocycles. The average molecular weight is 1980 g/mol. The molecule has 5 nitrogen and oxygen atoms in total. The van der Waals surface area contributed by atoms with Crippen LogP contribution in [0.2, 0.25) is 0 Å². The summed E-state index contributed by atoms with van der Waals surface area (Å²) in [5.74, 6) is 0. The zero-order valence-electron chi connectivity index (χ0n) is 45.1. The topological polar surface area (TPSA) is 64.5 Å². The molecular formula is C75H48Ir5N5-5. The number of aromatic nitrogens is 5. The maximum absolute atomic E-state index is 4.61. The van der Waals surface area contributed by atoms with Crippen molar-refractivity contribution in [2.75, 3.05) is 0 Å². The van der Waals surface area contributed by atoms with Crippen LogP contribution in [0.1, 0.15) is 0 Å². The first-order valence-corrected chi connectivity index (χ1v) is 26.4. The van der Waals surface area contributed by atoms with E-state index in [0.717, 1.165) is 61.1 Å². The molecule has 0 bridgehead atoms. The van der Waals surface area contributed by atoms with Crippen LogP contribution in [0.5, 0.6) is 0 Å². The average Bonchev–Trinajstić information content (AvgIpc) is 2.97. The van der Waals surface area contributed by atoms with Crippen molar-refractivity contribution < 1.29 is 101 Å². The Morgan fingerprint density at radius 2 is 0.753 bits per heavy atom. The summed E-state index contributed by atoms with van der Waals surface area (Å²) in [5, 5.41) is 15.4. The third kappa shape index (κ3) is 15.5. The van der Waals surface area contributed by atoms with Gasteiger partial charge in [0.1, 0.15) is 0 Å². The monoisotopic (exact) mass is 1980 g/mol. The molecule has 0 aliphatic heterocycles. The Hall–Kier alpha value is -7.50. The van der Waals surface area contributed by atoms with Gasteiger partial charge in [-0.05, 0) is 95.5 Å². The molecule has 0 aliphatic rings. The predicted octanol–water partition coefficient (Wildman–Crippen LogP) is 18.6. The summed E-state index contributed by atoms with van der Waals surface area (Å²) in [6.07, 6.45) is 7.42. The van der Waals surface area contributed by atoms with E-state index in [-0.39, 0.29) is 101 Å². The second kappa shape index (κ2) is 32.1.